The van der Waals surface area contributed by atoms with Crippen molar-refractivity contribution >= 4 is 9.84 Å². The van der Waals surface area contributed by atoms with E-state index in [1.54, 1.807) is 50.3 Å². The Hall–Kier alpha value is -1.09. The Balaban J connectivity index is 3.20. The largest absolute Gasteiger partial charge is 0.223 e. The van der Waals surface area contributed by atoms with Gasteiger partial charge in [-0.1, -0.05) is 24.3 Å². The molecule has 0 aliphatic rings. The summed E-state index contributed by atoms with van der Waals surface area (Å²) in [5.74, 6) is 0. The minimum atomic E-state index is -3.27. The van der Waals surface area contributed by atoms with Gasteiger partial charge < -0.3 is 0 Å². The second kappa shape index (κ2) is 4.19. The van der Waals surface area contributed by atoms with Crippen LogP contribution in [-0.2, 0) is 9.84 Å². The van der Waals surface area contributed by atoms with E-state index < -0.39 is 14.6 Å². The van der Waals surface area contributed by atoms with Crippen molar-refractivity contribution in [3.8, 4) is 0 Å². The summed E-state index contributed by atoms with van der Waals surface area (Å²) in [6, 6.07) is 8.52. The van der Waals surface area contributed by atoms with Crippen LogP contribution in [0.1, 0.15) is 20.3 Å². The van der Waals surface area contributed by atoms with Gasteiger partial charge in [-0.15, -0.1) is 6.58 Å². The fraction of sp³-hybridized carbons (Fsp3) is 0.333. The van der Waals surface area contributed by atoms with Crippen LogP contribution in [0.25, 0.3) is 0 Å². The second-order valence-electron chi connectivity index (χ2n) is 4.07. The number of rotatable bonds is 4. The van der Waals surface area contributed by atoms with Crippen LogP contribution in [-0.4, -0.2) is 13.2 Å². The maximum Gasteiger partial charge on any atom is 0.183 e. The maximum absolute atomic E-state index is 12.2. The molecule has 3 heteroatoms. The van der Waals surface area contributed by atoms with Gasteiger partial charge >= 0.3 is 0 Å². The summed E-state index contributed by atoms with van der Waals surface area (Å²) in [5.41, 5.74) is 0. The minimum Gasteiger partial charge on any atom is -0.223 e. The van der Waals surface area contributed by atoms with E-state index in [-0.39, 0.29) is 0 Å². The molecule has 0 spiro atoms. The van der Waals surface area contributed by atoms with Gasteiger partial charge in [0.25, 0.3) is 0 Å². The van der Waals surface area contributed by atoms with Crippen LogP contribution >= 0.6 is 0 Å². The zero-order valence-electron chi connectivity index (χ0n) is 9.10. The third-order valence-electron chi connectivity index (χ3n) is 2.42. The van der Waals surface area contributed by atoms with Crippen molar-refractivity contribution in [2.75, 3.05) is 0 Å². The molecule has 0 heterocycles. The highest BCUT2D eigenvalue weighted by molar-refractivity contribution is 7.92. The third-order valence-corrected chi connectivity index (χ3v) is 4.93. The first-order valence-corrected chi connectivity index (χ1v) is 6.31. The molecule has 1 aromatic rings. The molecule has 1 aromatic carbocycles. The molecule has 0 amide bonds. The van der Waals surface area contributed by atoms with Crippen molar-refractivity contribution < 1.29 is 8.42 Å². The summed E-state index contributed by atoms with van der Waals surface area (Å²) in [6.07, 6.45) is 2.09. The molecule has 0 aliphatic heterocycles. The molecule has 0 saturated heterocycles. The van der Waals surface area contributed by atoms with Gasteiger partial charge in [0, 0.05) is 0 Å². The van der Waals surface area contributed by atoms with E-state index in [1.807, 2.05) is 0 Å². The van der Waals surface area contributed by atoms with E-state index in [1.165, 1.54) is 0 Å². The number of hydrogen-bond acceptors (Lipinski definition) is 2. The van der Waals surface area contributed by atoms with Gasteiger partial charge in [0.1, 0.15) is 0 Å². The van der Waals surface area contributed by atoms with Crippen molar-refractivity contribution in [3.63, 3.8) is 0 Å². The topological polar surface area (TPSA) is 34.1 Å². The molecule has 0 bridgehead atoms. The SMILES string of the molecule is C=CCC(C)(C)S(=O)(=O)c1ccccc1. The fourth-order valence-corrected chi connectivity index (χ4v) is 2.87. The standard InChI is InChI=1S/C12H16O2S/c1-4-10-12(2,3)15(13,14)11-8-6-5-7-9-11/h4-9H,1,10H2,2-3H3. The maximum atomic E-state index is 12.2. The second-order valence-corrected chi connectivity index (χ2v) is 6.65. The van der Waals surface area contributed by atoms with Crippen LogP contribution in [0.15, 0.2) is 47.9 Å². The average Bonchev–Trinajstić information content (AvgIpc) is 2.19. The quantitative estimate of drug-likeness (QED) is 0.737. The zero-order valence-corrected chi connectivity index (χ0v) is 9.92. The van der Waals surface area contributed by atoms with Crippen molar-refractivity contribution in [3.05, 3.63) is 43.0 Å². The highest BCUT2D eigenvalue weighted by Crippen LogP contribution is 2.28. The number of hydrogen-bond donors (Lipinski definition) is 0. The molecule has 0 unspecified atom stereocenters. The van der Waals surface area contributed by atoms with E-state index >= 15 is 0 Å². The molecular weight excluding hydrogens is 208 g/mol. The summed E-state index contributed by atoms with van der Waals surface area (Å²) in [6.45, 7) is 7.03. The third kappa shape index (κ3) is 2.29. The van der Waals surface area contributed by atoms with Crippen LogP contribution in [0.2, 0.25) is 0 Å². The lowest BCUT2D eigenvalue weighted by Gasteiger charge is -2.23. The summed E-state index contributed by atoms with van der Waals surface area (Å²) >= 11 is 0. The van der Waals surface area contributed by atoms with Crippen LogP contribution in [0.3, 0.4) is 0 Å². The molecule has 0 fully saturated rings. The Bertz CT molecular complexity index is 430. The van der Waals surface area contributed by atoms with Gasteiger partial charge in [0.05, 0.1) is 9.64 Å². The minimum absolute atomic E-state index is 0.372. The van der Waals surface area contributed by atoms with Gasteiger partial charge in [-0.3, -0.25) is 0 Å². The van der Waals surface area contributed by atoms with Crippen LogP contribution in [0.4, 0.5) is 0 Å². The number of allylic oxidation sites excluding steroid dienone is 1. The summed E-state index contributed by atoms with van der Waals surface area (Å²) in [7, 11) is -3.27. The Morgan fingerprint density at radius 2 is 1.80 bits per heavy atom. The highest BCUT2D eigenvalue weighted by atomic mass is 32.2. The summed E-state index contributed by atoms with van der Waals surface area (Å²) in [5, 5.41) is 0. The van der Waals surface area contributed by atoms with Gasteiger partial charge in [-0.25, -0.2) is 8.42 Å². The molecule has 15 heavy (non-hydrogen) atoms. The molecule has 2 nitrogen and oxygen atoms in total. The molecule has 0 atom stereocenters. The van der Waals surface area contributed by atoms with E-state index in [2.05, 4.69) is 6.58 Å². The van der Waals surface area contributed by atoms with Crippen molar-refractivity contribution in [2.45, 2.75) is 29.9 Å². The lowest BCUT2D eigenvalue weighted by atomic mass is 10.1. The van der Waals surface area contributed by atoms with Gasteiger partial charge in [-0.2, -0.15) is 0 Å². The monoisotopic (exact) mass is 224 g/mol. The van der Waals surface area contributed by atoms with Gasteiger partial charge in [-0.05, 0) is 32.4 Å². The van der Waals surface area contributed by atoms with E-state index in [4.69, 9.17) is 0 Å². The van der Waals surface area contributed by atoms with E-state index in [0.29, 0.717) is 11.3 Å². The zero-order chi connectivity index (χ0) is 11.5. The van der Waals surface area contributed by atoms with E-state index in [0.717, 1.165) is 0 Å². The lowest BCUT2D eigenvalue weighted by Crippen LogP contribution is -2.31. The Morgan fingerprint density at radius 3 is 2.27 bits per heavy atom. The first-order valence-electron chi connectivity index (χ1n) is 4.82. The molecule has 0 saturated carbocycles. The van der Waals surface area contributed by atoms with Crippen LogP contribution in [0, 0.1) is 0 Å². The molecule has 82 valence electrons. The lowest BCUT2D eigenvalue weighted by molar-refractivity contribution is 0.547. The molecular formula is C12H16O2S. The van der Waals surface area contributed by atoms with Crippen LogP contribution in [0.5, 0.6) is 0 Å². The Morgan fingerprint density at radius 1 is 1.27 bits per heavy atom. The predicted octanol–water partition coefficient (Wildman–Crippen LogP) is 2.82. The fourth-order valence-electron chi connectivity index (χ4n) is 1.38. The van der Waals surface area contributed by atoms with Gasteiger partial charge in [0.15, 0.2) is 9.84 Å². The number of sulfone groups is 1. The molecule has 0 aliphatic carbocycles. The first-order chi connectivity index (χ1) is 6.92. The summed E-state index contributed by atoms with van der Waals surface area (Å²) in [4.78, 5) is 0.372. The van der Waals surface area contributed by atoms with Crippen LogP contribution < -0.4 is 0 Å². The Labute approximate surface area is 91.6 Å². The van der Waals surface area contributed by atoms with E-state index in [9.17, 15) is 8.42 Å². The van der Waals surface area contributed by atoms with Crippen molar-refractivity contribution in [1.82, 2.24) is 0 Å². The smallest absolute Gasteiger partial charge is 0.183 e. The highest BCUT2D eigenvalue weighted by Gasteiger charge is 2.34. The number of benzene rings is 1. The first kappa shape index (κ1) is 12.0. The molecule has 0 radical (unpaired) electrons. The Kier molecular flexibility index (Phi) is 3.35. The van der Waals surface area contributed by atoms with Gasteiger partial charge in [0.2, 0.25) is 0 Å². The normalized spacial score (nSPS) is 12.4. The van der Waals surface area contributed by atoms with Crippen molar-refractivity contribution in [2.24, 2.45) is 0 Å². The molecule has 1 rings (SSSR count). The molecule has 0 N–H and O–H groups in total. The summed E-state index contributed by atoms with van der Waals surface area (Å²) < 4.78 is 23.6. The predicted molar refractivity (Wildman–Crippen MR) is 62.5 cm³/mol. The molecule has 0 aromatic heterocycles. The van der Waals surface area contributed by atoms with Crippen molar-refractivity contribution in [1.29, 1.82) is 0 Å². The average molecular weight is 224 g/mol.